The molecule has 0 saturated carbocycles. The van der Waals surface area contributed by atoms with E-state index in [1.54, 1.807) is 4.52 Å². The van der Waals surface area contributed by atoms with E-state index < -0.39 is 0 Å². The first kappa shape index (κ1) is 18.7. The average Bonchev–Trinajstić information content (AvgIpc) is 3.12. The number of piperidine rings is 1. The highest BCUT2D eigenvalue weighted by atomic mass is 16.5. The SMILES string of the molecule is Cc1ccccc1CNc1nc(OC2CCCNC2)nc2c(C(C)C)cnn12. The largest absolute Gasteiger partial charge is 0.459 e. The summed E-state index contributed by atoms with van der Waals surface area (Å²) < 4.78 is 7.90. The third kappa shape index (κ3) is 3.94. The summed E-state index contributed by atoms with van der Waals surface area (Å²) in [5.74, 6) is 0.972. The van der Waals surface area contributed by atoms with Crippen LogP contribution in [0.5, 0.6) is 6.01 Å². The number of ether oxygens (including phenoxy) is 1. The van der Waals surface area contributed by atoms with Crippen LogP contribution in [0.25, 0.3) is 5.65 Å². The molecule has 1 fully saturated rings. The van der Waals surface area contributed by atoms with Gasteiger partial charge >= 0.3 is 6.01 Å². The molecule has 1 aromatic carbocycles. The van der Waals surface area contributed by atoms with Crippen molar-refractivity contribution in [2.75, 3.05) is 18.4 Å². The molecule has 1 unspecified atom stereocenters. The minimum absolute atomic E-state index is 0.103. The minimum atomic E-state index is 0.103. The van der Waals surface area contributed by atoms with E-state index in [2.05, 4.69) is 64.7 Å². The Morgan fingerprint density at radius 2 is 2.14 bits per heavy atom. The number of hydrogen-bond acceptors (Lipinski definition) is 6. The third-order valence-corrected chi connectivity index (χ3v) is 5.22. The molecule has 0 spiro atoms. The number of aryl methyl sites for hydroxylation is 1. The molecule has 3 heterocycles. The van der Waals surface area contributed by atoms with E-state index in [0.717, 1.165) is 37.1 Å². The van der Waals surface area contributed by atoms with Gasteiger partial charge in [-0.25, -0.2) is 0 Å². The highest BCUT2D eigenvalue weighted by molar-refractivity contribution is 5.53. The van der Waals surface area contributed by atoms with E-state index in [9.17, 15) is 0 Å². The quantitative estimate of drug-likeness (QED) is 0.683. The van der Waals surface area contributed by atoms with Gasteiger partial charge in [-0.15, -0.1) is 0 Å². The number of aromatic nitrogens is 4. The molecule has 148 valence electrons. The van der Waals surface area contributed by atoms with Gasteiger partial charge in [0.05, 0.1) is 6.20 Å². The second-order valence-corrected chi connectivity index (χ2v) is 7.69. The van der Waals surface area contributed by atoms with Gasteiger partial charge in [0.25, 0.3) is 0 Å². The van der Waals surface area contributed by atoms with Gasteiger partial charge in [0.15, 0.2) is 5.65 Å². The van der Waals surface area contributed by atoms with Crippen LogP contribution in [-0.4, -0.2) is 38.8 Å². The maximum atomic E-state index is 6.12. The van der Waals surface area contributed by atoms with Crippen molar-refractivity contribution in [1.82, 2.24) is 24.9 Å². The molecule has 3 aromatic rings. The lowest BCUT2D eigenvalue weighted by atomic mass is 10.1. The van der Waals surface area contributed by atoms with Gasteiger partial charge in [-0.05, 0) is 43.4 Å². The molecule has 4 rings (SSSR count). The normalized spacial score (nSPS) is 17.2. The Morgan fingerprint density at radius 1 is 1.29 bits per heavy atom. The van der Waals surface area contributed by atoms with E-state index in [0.29, 0.717) is 24.4 Å². The number of nitrogens with one attached hydrogen (secondary N) is 2. The highest BCUT2D eigenvalue weighted by Crippen LogP contribution is 2.24. The molecule has 2 aromatic heterocycles. The van der Waals surface area contributed by atoms with Crippen LogP contribution in [0.3, 0.4) is 0 Å². The first-order valence-corrected chi connectivity index (χ1v) is 10.0. The van der Waals surface area contributed by atoms with Crippen molar-refractivity contribution in [2.24, 2.45) is 0 Å². The lowest BCUT2D eigenvalue weighted by Crippen LogP contribution is -2.37. The monoisotopic (exact) mass is 380 g/mol. The fraction of sp³-hybridized carbons (Fsp3) is 0.476. The van der Waals surface area contributed by atoms with Gasteiger partial charge in [0.2, 0.25) is 5.95 Å². The van der Waals surface area contributed by atoms with Crippen molar-refractivity contribution in [3.8, 4) is 6.01 Å². The summed E-state index contributed by atoms with van der Waals surface area (Å²) in [7, 11) is 0. The van der Waals surface area contributed by atoms with Crippen molar-refractivity contribution >= 4 is 11.6 Å². The summed E-state index contributed by atoms with van der Waals surface area (Å²) >= 11 is 0. The Balaban J connectivity index is 1.65. The molecule has 1 aliphatic heterocycles. The van der Waals surface area contributed by atoms with E-state index in [-0.39, 0.29) is 6.10 Å². The van der Waals surface area contributed by atoms with Crippen LogP contribution in [0.2, 0.25) is 0 Å². The minimum Gasteiger partial charge on any atom is -0.459 e. The predicted molar refractivity (Wildman–Crippen MR) is 110 cm³/mol. The second-order valence-electron chi connectivity index (χ2n) is 7.69. The number of fused-ring (bicyclic) bond motifs is 1. The lowest BCUT2D eigenvalue weighted by molar-refractivity contribution is 0.153. The standard InChI is InChI=1S/C21H28N6O/c1-14(2)18-13-24-27-19(18)25-21(28-17-9-6-10-22-12-17)26-20(27)23-11-16-8-5-4-7-15(16)3/h4-5,7-8,13-14,17,22H,6,9-12H2,1-3H3,(H,23,25,26). The predicted octanol–water partition coefficient (Wildman–Crippen LogP) is 3.30. The van der Waals surface area contributed by atoms with Gasteiger partial charge < -0.3 is 15.4 Å². The molecule has 2 N–H and O–H groups in total. The van der Waals surface area contributed by atoms with Crippen LogP contribution < -0.4 is 15.4 Å². The topological polar surface area (TPSA) is 76.4 Å². The smallest absolute Gasteiger partial charge is 0.322 e. The molecular formula is C21H28N6O. The van der Waals surface area contributed by atoms with Crippen molar-refractivity contribution < 1.29 is 4.74 Å². The Kier molecular flexibility index (Phi) is 5.43. The Hall–Kier alpha value is -2.67. The van der Waals surface area contributed by atoms with Crippen molar-refractivity contribution in [1.29, 1.82) is 0 Å². The van der Waals surface area contributed by atoms with Crippen LogP contribution in [0.1, 0.15) is 49.3 Å². The van der Waals surface area contributed by atoms with Crippen LogP contribution in [-0.2, 0) is 6.54 Å². The molecule has 28 heavy (non-hydrogen) atoms. The first-order chi connectivity index (χ1) is 13.6. The molecule has 1 aliphatic rings. The molecule has 0 amide bonds. The number of nitrogens with zero attached hydrogens (tertiary/aromatic N) is 4. The van der Waals surface area contributed by atoms with E-state index in [4.69, 9.17) is 4.74 Å². The van der Waals surface area contributed by atoms with Crippen LogP contribution in [0.4, 0.5) is 5.95 Å². The number of hydrogen-bond donors (Lipinski definition) is 2. The first-order valence-electron chi connectivity index (χ1n) is 10.0. The Labute approximate surface area is 165 Å². The van der Waals surface area contributed by atoms with Gasteiger partial charge in [-0.1, -0.05) is 38.1 Å². The van der Waals surface area contributed by atoms with Crippen molar-refractivity contribution in [3.63, 3.8) is 0 Å². The van der Waals surface area contributed by atoms with E-state index >= 15 is 0 Å². The number of benzene rings is 1. The van der Waals surface area contributed by atoms with Gasteiger partial charge in [-0.2, -0.15) is 19.6 Å². The molecule has 0 bridgehead atoms. The Bertz CT molecular complexity index is 945. The zero-order valence-electron chi connectivity index (χ0n) is 16.8. The molecule has 1 saturated heterocycles. The molecule has 0 aliphatic carbocycles. The molecule has 7 heteroatoms. The summed E-state index contributed by atoms with van der Waals surface area (Å²) in [6.07, 6.45) is 4.10. The Morgan fingerprint density at radius 3 is 2.89 bits per heavy atom. The fourth-order valence-electron chi connectivity index (χ4n) is 3.50. The number of rotatable bonds is 6. The van der Waals surface area contributed by atoms with Crippen LogP contribution in [0.15, 0.2) is 30.5 Å². The maximum Gasteiger partial charge on any atom is 0.322 e. The summed E-state index contributed by atoms with van der Waals surface area (Å²) in [5.41, 5.74) is 4.36. The zero-order valence-corrected chi connectivity index (χ0v) is 16.8. The summed E-state index contributed by atoms with van der Waals surface area (Å²) in [4.78, 5) is 9.32. The van der Waals surface area contributed by atoms with E-state index in [1.165, 1.54) is 11.1 Å². The maximum absolute atomic E-state index is 6.12. The summed E-state index contributed by atoms with van der Waals surface area (Å²) in [6, 6.07) is 8.75. The summed E-state index contributed by atoms with van der Waals surface area (Å²) in [6.45, 7) is 8.94. The molecular weight excluding hydrogens is 352 g/mol. The van der Waals surface area contributed by atoms with Crippen LogP contribution >= 0.6 is 0 Å². The summed E-state index contributed by atoms with van der Waals surface area (Å²) in [5, 5.41) is 11.3. The second kappa shape index (κ2) is 8.14. The fourth-order valence-corrected chi connectivity index (χ4v) is 3.50. The third-order valence-electron chi connectivity index (χ3n) is 5.22. The van der Waals surface area contributed by atoms with Crippen LogP contribution in [0, 0.1) is 6.92 Å². The molecule has 0 radical (unpaired) electrons. The lowest BCUT2D eigenvalue weighted by Gasteiger charge is -2.23. The molecule has 7 nitrogen and oxygen atoms in total. The van der Waals surface area contributed by atoms with Crippen molar-refractivity contribution in [3.05, 3.63) is 47.2 Å². The number of anilines is 1. The van der Waals surface area contributed by atoms with E-state index in [1.807, 2.05) is 12.3 Å². The highest BCUT2D eigenvalue weighted by Gasteiger charge is 2.20. The van der Waals surface area contributed by atoms with Crippen molar-refractivity contribution in [2.45, 2.75) is 52.2 Å². The average molecular weight is 380 g/mol. The van der Waals surface area contributed by atoms with Gasteiger partial charge in [0.1, 0.15) is 6.10 Å². The zero-order chi connectivity index (χ0) is 19.5. The van der Waals surface area contributed by atoms with Gasteiger partial charge in [-0.3, -0.25) is 0 Å². The van der Waals surface area contributed by atoms with Gasteiger partial charge in [0, 0.05) is 18.7 Å². The molecule has 1 atom stereocenters.